The first-order valence-electron chi connectivity index (χ1n) is 2.33. The van der Waals surface area contributed by atoms with E-state index in [4.69, 9.17) is 10.9 Å². The van der Waals surface area contributed by atoms with Gasteiger partial charge in [-0.3, -0.25) is 5.73 Å². The summed E-state index contributed by atoms with van der Waals surface area (Å²) in [6, 6.07) is 0. The molecular weight excluding hydrogens is 144 g/mol. The first kappa shape index (κ1) is 12.0. The van der Waals surface area contributed by atoms with E-state index in [1.54, 1.807) is 0 Å². The molecule has 6 N–H and O–H groups in total. The molecule has 62 valence electrons. The molecule has 0 heterocycles. The number of halogens is 2. The number of hydrogen-bond acceptors (Lipinski definition) is 4. The summed E-state index contributed by atoms with van der Waals surface area (Å²) in [7, 11) is 0. The van der Waals surface area contributed by atoms with Gasteiger partial charge in [-0.05, 0) is 0 Å². The average Bonchev–Trinajstić information content (AvgIpc) is 1.89. The van der Waals surface area contributed by atoms with Crippen molar-refractivity contribution in [2.45, 2.75) is 6.42 Å². The van der Waals surface area contributed by atoms with Gasteiger partial charge in [0, 0.05) is 5.70 Å². The Bertz CT molecular complexity index is 88.6. The van der Waals surface area contributed by atoms with Gasteiger partial charge >= 0.3 is 0 Å². The Morgan fingerprint density at radius 3 is 2.00 bits per heavy atom. The maximum absolute atomic E-state index is 10.9. The van der Waals surface area contributed by atoms with Gasteiger partial charge < -0.3 is 10.9 Å². The van der Waals surface area contributed by atoms with Crippen molar-refractivity contribution in [2.24, 2.45) is 11.5 Å². The van der Waals surface area contributed by atoms with E-state index in [0.717, 1.165) is 5.48 Å². The van der Waals surface area contributed by atoms with Crippen molar-refractivity contribution in [3.63, 3.8) is 0 Å². The van der Waals surface area contributed by atoms with Crippen LogP contribution in [0.1, 0.15) is 0 Å². The van der Waals surface area contributed by atoms with Gasteiger partial charge in [0.15, 0.2) is 0 Å². The molecular formula is C4H11F2N3O. The molecule has 0 aromatic carbocycles. The van der Waals surface area contributed by atoms with E-state index in [-0.39, 0.29) is 5.70 Å². The van der Waals surface area contributed by atoms with Crippen molar-refractivity contribution in [2.75, 3.05) is 6.67 Å². The topological polar surface area (TPSA) is 84.3 Å². The molecule has 0 amide bonds. The Balaban J connectivity index is 0. The fraction of sp³-hybridized carbons (Fsp3) is 0.500. The van der Waals surface area contributed by atoms with E-state index in [1.165, 1.54) is 0 Å². The minimum Gasteiger partial charge on any atom is -0.400 e. The smallest absolute Gasteiger partial charge is 0.223 e. The number of nitrogens with one attached hydrogen (secondary N) is 1. The quantitative estimate of drug-likeness (QED) is 0.248. The minimum absolute atomic E-state index is 0.0880. The van der Waals surface area contributed by atoms with Crippen LogP contribution in [0.3, 0.4) is 0 Å². The molecule has 0 radical (unpaired) electrons. The Labute approximate surface area is 57.5 Å². The van der Waals surface area contributed by atoms with Gasteiger partial charge in [-0.15, -0.1) is 0 Å². The standard InChI is InChI=1S/C3H6FN.CH5FN2O/c1-3(5)2-4;2-1(3)4-5/h1-2,5H2;1,4-5H,3H2. The summed E-state index contributed by atoms with van der Waals surface area (Å²) in [6.07, 6.45) is -1.81. The third kappa shape index (κ3) is 26.7. The second-order valence-electron chi connectivity index (χ2n) is 1.32. The molecule has 0 aromatic heterocycles. The largest absolute Gasteiger partial charge is 0.400 e. The average molecular weight is 155 g/mol. The second kappa shape index (κ2) is 8.28. The highest BCUT2D eigenvalue weighted by molar-refractivity contribution is 4.83. The van der Waals surface area contributed by atoms with Crippen LogP contribution in [-0.4, -0.2) is 18.3 Å². The Morgan fingerprint density at radius 2 is 2.00 bits per heavy atom. The van der Waals surface area contributed by atoms with Gasteiger partial charge in [0.05, 0.1) is 0 Å². The zero-order valence-electron chi connectivity index (χ0n) is 5.35. The minimum atomic E-state index is -1.81. The molecule has 0 aliphatic heterocycles. The summed E-state index contributed by atoms with van der Waals surface area (Å²) in [5.41, 5.74) is 10.2. The highest BCUT2D eigenvalue weighted by Crippen LogP contribution is 1.72. The summed E-state index contributed by atoms with van der Waals surface area (Å²) < 4.78 is 21.7. The Hall–Kier alpha value is -0.720. The van der Waals surface area contributed by atoms with E-state index in [9.17, 15) is 8.78 Å². The number of hydrogen-bond donors (Lipinski definition) is 4. The lowest BCUT2D eigenvalue weighted by atomic mass is 10.6. The summed E-state index contributed by atoms with van der Waals surface area (Å²) >= 11 is 0. The molecule has 0 aliphatic rings. The summed E-state index contributed by atoms with van der Waals surface area (Å²) in [4.78, 5) is 0. The normalized spacial score (nSPS) is 11.2. The predicted molar refractivity (Wildman–Crippen MR) is 33.3 cm³/mol. The molecule has 0 aromatic rings. The molecule has 0 bridgehead atoms. The van der Waals surface area contributed by atoms with Crippen LogP contribution in [0.2, 0.25) is 0 Å². The number of alkyl halides is 2. The van der Waals surface area contributed by atoms with Crippen LogP contribution in [0.4, 0.5) is 8.78 Å². The van der Waals surface area contributed by atoms with Crippen molar-refractivity contribution < 1.29 is 14.0 Å². The van der Waals surface area contributed by atoms with E-state index < -0.39 is 13.1 Å². The zero-order valence-corrected chi connectivity index (χ0v) is 5.35. The molecule has 0 fully saturated rings. The van der Waals surface area contributed by atoms with Crippen LogP contribution in [0.15, 0.2) is 12.3 Å². The Morgan fingerprint density at radius 1 is 1.80 bits per heavy atom. The van der Waals surface area contributed by atoms with Crippen molar-refractivity contribution >= 4 is 0 Å². The molecule has 4 nitrogen and oxygen atoms in total. The lowest BCUT2D eigenvalue weighted by molar-refractivity contribution is 0.0634. The number of nitrogens with two attached hydrogens (primary N) is 2. The Kier molecular flexibility index (Phi) is 9.94. The lowest BCUT2D eigenvalue weighted by Gasteiger charge is -1.90. The highest BCUT2D eigenvalue weighted by Gasteiger charge is 1.84. The van der Waals surface area contributed by atoms with Gasteiger partial charge in [0.25, 0.3) is 0 Å². The van der Waals surface area contributed by atoms with Crippen LogP contribution in [0.5, 0.6) is 0 Å². The molecule has 1 unspecified atom stereocenters. The summed E-state index contributed by atoms with van der Waals surface area (Å²) in [5.74, 6) is 0. The van der Waals surface area contributed by atoms with Gasteiger partial charge in [-0.1, -0.05) is 6.58 Å². The number of allylic oxidation sites excluding steroid dienone is 1. The van der Waals surface area contributed by atoms with E-state index in [2.05, 4.69) is 12.3 Å². The van der Waals surface area contributed by atoms with Gasteiger partial charge in [0.2, 0.25) is 6.42 Å². The number of rotatable bonds is 2. The molecule has 0 saturated heterocycles. The maximum atomic E-state index is 10.9. The lowest BCUT2D eigenvalue weighted by Crippen LogP contribution is -2.29. The molecule has 6 heteroatoms. The van der Waals surface area contributed by atoms with Crippen molar-refractivity contribution in [1.82, 2.24) is 5.48 Å². The van der Waals surface area contributed by atoms with E-state index >= 15 is 0 Å². The second-order valence-corrected chi connectivity index (χ2v) is 1.32. The predicted octanol–water partition coefficient (Wildman–Crippen LogP) is -0.395. The summed E-state index contributed by atoms with van der Waals surface area (Å²) in [6.45, 7) is 2.47. The highest BCUT2D eigenvalue weighted by atomic mass is 19.1. The molecule has 0 rings (SSSR count). The van der Waals surface area contributed by atoms with Crippen LogP contribution < -0.4 is 16.9 Å². The molecule has 0 spiro atoms. The number of hydroxylamine groups is 1. The van der Waals surface area contributed by atoms with E-state index in [0.29, 0.717) is 0 Å². The van der Waals surface area contributed by atoms with Gasteiger partial charge in [0.1, 0.15) is 6.67 Å². The maximum Gasteiger partial charge on any atom is 0.223 e. The van der Waals surface area contributed by atoms with Crippen LogP contribution in [0.25, 0.3) is 0 Å². The van der Waals surface area contributed by atoms with Crippen LogP contribution in [-0.2, 0) is 0 Å². The SMILES string of the molecule is C=C(N)CF.NC(F)NO. The van der Waals surface area contributed by atoms with Crippen molar-refractivity contribution in [3.8, 4) is 0 Å². The fourth-order valence-corrected chi connectivity index (χ4v) is 0. The first-order valence-corrected chi connectivity index (χ1v) is 2.33. The molecule has 10 heavy (non-hydrogen) atoms. The summed E-state index contributed by atoms with van der Waals surface area (Å²) in [5, 5.41) is 7.39. The van der Waals surface area contributed by atoms with Crippen LogP contribution >= 0.6 is 0 Å². The van der Waals surface area contributed by atoms with Gasteiger partial charge in [-0.25, -0.2) is 8.78 Å². The van der Waals surface area contributed by atoms with E-state index in [1.807, 2.05) is 0 Å². The third-order valence-electron chi connectivity index (χ3n) is 0.295. The van der Waals surface area contributed by atoms with Crippen molar-refractivity contribution in [3.05, 3.63) is 12.3 Å². The van der Waals surface area contributed by atoms with Gasteiger partial charge in [-0.2, -0.15) is 5.48 Å². The molecule has 0 aliphatic carbocycles. The fourth-order valence-electron chi connectivity index (χ4n) is 0. The zero-order chi connectivity index (χ0) is 8.57. The third-order valence-corrected chi connectivity index (χ3v) is 0.295. The van der Waals surface area contributed by atoms with Crippen LogP contribution in [0, 0.1) is 0 Å². The first-order chi connectivity index (χ1) is 4.54. The monoisotopic (exact) mass is 155 g/mol. The van der Waals surface area contributed by atoms with Crippen molar-refractivity contribution in [1.29, 1.82) is 0 Å². The molecule has 1 atom stereocenters. The molecule has 0 saturated carbocycles.